The van der Waals surface area contributed by atoms with Crippen LogP contribution in [0.15, 0.2) is 47.8 Å². The highest BCUT2D eigenvalue weighted by Crippen LogP contribution is 2.38. The molecule has 0 bridgehead atoms. The largest absolute Gasteiger partial charge is 0.443 e. The van der Waals surface area contributed by atoms with Gasteiger partial charge in [0.05, 0.1) is 11.3 Å². The molecule has 11 heteroatoms. The summed E-state index contributed by atoms with van der Waals surface area (Å²) in [5.41, 5.74) is 0.688. The standard InChI is InChI=1S/C27H35N5O5S/c1-18-15-27(5,6)32(16-18)23-20(24(33)30-38(35,36)22-9-7-8-13-28-22)10-11-21(29-23)19-12-14-31(17-19)25(34)37-26(2,3)4/h7-11,13,17-18H,12,14-16H2,1-6H3,(H,30,33)/t18-/m0/s1. The summed E-state index contributed by atoms with van der Waals surface area (Å²) >= 11 is 0. The molecular weight excluding hydrogens is 506 g/mol. The number of amides is 2. The third kappa shape index (κ3) is 5.98. The number of carbonyl (C=O) groups is 2. The van der Waals surface area contributed by atoms with Gasteiger partial charge in [-0.15, -0.1) is 0 Å². The zero-order valence-electron chi connectivity index (χ0n) is 22.7. The van der Waals surface area contributed by atoms with Crippen molar-refractivity contribution in [2.45, 2.75) is 70.6 Å². The lowest BCUT2D eigenvalue weighted by Gasteiger charge is -2.34. The van der Waals surface area contributed by atoms with Crippen LogP contribution in [0.25, 0.3) is 5.57 Å². The molecule has 0 aromatic carbocycles. The fraction of sp³-hybridized carbons (Fsp3) is 0.481. The highest BCUT2D eigenvalue weighted by Gasteiger charge is 2.39. The topological polar surface area (TPSA) is 122 Å². The molecule has 2 aromatic heterocycles. The predicted octanol–water partition coefficient (Wildman–Crippen LogP) is 4.20. The molecule has 1 saturated heterocycles. The summed E-state index contributed by atoms with van der Waals surface area (Å²) in [6, 6.07) is 7.74. The fourth-order valence-corrected chi connectivity index (χ4v) is 5.84. The van der Waals surface area contributed by atoms with Crippen LogP contribution in [0.1, 0.15) is 70.4 Å². The van der Waals surface area contributed by atoms with Crippen molar-refractivity contribution in [2.24, 2.45) is 5.92 Å². The third-order valence-corrected chi connectivity index (χ3v) is 7.73. The number of anilines is 1. The van der Waals surface area contributed by atoms with Crippen LogP contribution >= 0.6 is 0 Å². The molecule has 4 rings (SSSR count). The molecule has 1 atom stereocenters. The molecule has 1 N–H and O–H groups in total. The maximum absolute atomic E-state index is 13.3. The number of aromatic nitrogens is 2. The predicted molar refractivity (Wildman–Crippen MR) is 144 cm³/mol. The van der Waals surface area contributed by atoms with Gasteiger partial charge in [-0.25, -0.2) is 19.5 Å². The zero-order valence-corrected chi connectivity index (χ0v) is 23.5. The number of ether oxygens (including phenoxy) is 1. The Morgan fingerprint density at radius 1 is 1.16 bits per heavy atom. The summed E-state index contributed by atoms with van der Waals surface area (Å²) < 4.78 is 33.3. The molecule has 1 fully saturated rings. The van der Waals surface area contributed by atoms with Crippen molar-refractivity contribution in [1.29, 1.82) is 0 Å². The molecule has 10 nitrogen and oxygen atoms in total. The van der Waals surface area contributed by atoms with E-state index in [-0.39, 0.29) is 16.1 Å². The van der Waals surface area contributed by atoms with E-state index in [1.807, 2.05) is 20.8 Å². The van der Waals surface area contributed by atoms with Crippen molar-refractivity contribution in [3.63, 3.8) is 0 Å². The molecule has 2 aliphatic heterocycles. The van der Waals surface area contributed by atoms with Crippen LogP contribution in [0.3, 0.4) is 0 Å². The van der Waals surface area contributed by atoms with Gasteiger partial charge >= 0.3 is 6.09 Å². The monoisotopic (exact) mass is 541 g/mol. The Morgan fingerprint density at radius 2 is 1.89 bits per heavy atom. The molecule has 2 amide bonds. The number of hydrogen-bond acceptors (Lipinski definition) is 8. The molecular formula is C27H35N5O5S. The minimum atomic E-state index is -4.17. The summed E-state index contributed by atoms with van der Waals surface area (Å²) in [6.45, 7) is 12.9. The molecule has 38 heavy (non-hydrogen) atoms. The molecule has 0 saturated carbocycles. The Bertz CT molecular complexity index is 1370. The van der Waals surface area contributed by atoms with Gasteiger partial charge in [0.15, 0.2) is 5.03 Å². The van der Waals surface area contributed by atoms with E-state index >= 15 is 0 Å². The zero-order chi connectivity index (χ0) is 27.9. The van der Waals surface area contributed by atoms with Crippen molar-refractivity contribution in [1.82, 2.24) is 19.6 Å². The fourth-order valence-electron chi connectivity index (χ4n) is 4.92. The SMILES string of the molecule is C[C@@H]1CN(c2nc(C3=CN(C(=O)OC(C)(C)C)CC3)ccc2C(=O)NS(=O)(=O)c2ccccn2)C(C)(C)C1. The second-order valence-corrected chi connectivity index (χ2v) is 13.1. The van der Waals surface area contributed by atoms with Crippen LogP contribution in [0, 0.1) is 5.92 Å². The number of rotatable bonds is 5. The first-order valence-corrected chi connectivity index (χ1v) is 14.1. The Morgan fingerprint density at radius 3 is 2.50 bits per heavy atom. The highest BCUT2D eigenvalue weighted by molar-refractivity contribution is 7.90. The van der Waals surface area contributed by atoms with Crippen molar-refractivity contribution in [3.8, 4) is 0 Å². The number of hydrogen-bond donors (Lipinski definition) is 1. The molecule has 2 aromatic rings. The summed E-state index contributed by atoms with van der Waals surface area (Å²) in [5, 5.41) is -0.243. The van der Waals surface area contributed by atoms with E-state index < -0.39 is 27.6 Å². The summed E-state index contributed by atoms with van der Waals surface area (Å²) in [4.78, 5) is 38.2. The number of nitrogens with zero attached hydrogens (tertiary/aromatic N) is 4. The van der Waals surface area contributed by atoms with E-state index in [4.69, 9.17) is 9.72 Å². The van der Waals surface area contributed by atoms with Gasteiger partial charge in [-0.1, -0.05) is 13.0 Å². The van der Waals surface area contributed by atoms with Gasteiger partial charge < -0.3 is 9.64 Å². The Kier molecular flexibility index (Phi) is 7.26. The van der Waals surface area contributed by atoms with E-state index in [1.165, 1.54) is 23.2 Å². The lowest BCUT2D eigenvalue weighted by atomic mass is 9.97. The summed E-state index contributed by atoms with van der Waals surface area (Å²) in [5.74, 6) is -0.0185. The summed E-state index contributed by atoms with van der Waals surface area (Å²) in [6.07, 6.45) is 4.11. The van der Waals surface area contributed by atoms with E-state index in [0.717, 1.165) is 12.0 Å². The highest BCUT2D eigenvalue weighted by atomic mass is 32.2. The van der Waals surface area contributed by atoms with Crippen LogP contribution in [-0.4, -0.2) is 59.5 Å². The molecule has 2 aliphatic rings. The van der Waals surface area contributed by atoms with Crippen LogP contribution in [0.4, 0.5) is 10.6 Å². The maximum atomic E-state index is 13.3. The molecule has 0 aliphatic carbocycles. The van der Waals surface area contributed by atoms with Gasteiger partial charge in [-0.2, -0.15) is 8.42 Å². The Labute approximate surface area is 224 Å². The van der Waals surface area contributed by atoms with Gasteiger partial charge in [0.25, 0.3) is 15.9 Å². The average molecular weight is 542 g/mol. The van der Waals surface area contributed by atoms with E-state index in [9.17, 15) is 18.0 Å². The normalized spacial score (nSPS) is 19.3. The lowest BCUT2D eigenvalue weighted by Crippen LogP contribution is -2.41. The van der Waals surface area contributed by atoms with Crippen molar-refractivity contribution in [3.05, 3.63) is 54.0 Å². The van der Waals surface area contributed by atoms with Crippen LogP contribution in [0.5, 0.6) is 0 Å². The van der Waals surface area contributed by atoms with Crippen LogP contribution in [-0.2, 0) is 14.8 Å². The van der Waals surface area contributed by atoms with E-state index in [1.54, 1.807) is 24.4 Å². The molecule has 4 heterocycles. The third-order valence-electron chi connectivity index (χ3n) is 6.48. The van der Waals surface area contributed by atoms with Crippen LogP contribution < -0.4 is 9.62 Å². The lowest BCUT2D eigenvalue weighted by molar-refractivity contribution is 0.0349. The van der Waals surface area contributed by atoms with Crippen molar-refractivity contribution >= 4 is 33.4 Å². The minimum absolute atomic E-state index is 0.151. The van der Waals surface area contributed by atoms with Gasteiger partial charge in [0.2, 0.25) is 0 Å². The van der Waals surface area contributed by atoms with Crippen molar-refractivity contribution < 1.29 is 22.7 Å². The number of nitrogens with one attached hydrogen (secondary N) is 1. The van der Waals surface area contributed by atoms with Gasteiger partial charge in [-0.05, 0) is 83.2 Å². The second-order valence-electron chi connectivity index (χ2n) is 11.5. The Balaban J connectivity index is 1.69. The van der Waals surface area contributed by atoms with Crippen LogP contribution in [0.2, 0.25) is 0 Å². The van der Waals surface area contributed by atoms with Gasteiger partial charge in [0.1, 0.15) is 11.4 Å². The number of pyridine rings is 2. The van der Waals surface area contributed by atoms with Gasteiger partial charge in [-0.3, -0.25) is 9.69 Å². The molecule has 0 radical (unpaired) electrons. The molecule has 204 valence electrons. The number of sulfonamides is 1. The smallest absolute Gasteiger partial charge is 0.414 e. The first-order valence-electron chi connectivity index (χ1n) is 12.6. The second kappa shape index (κ2) is 10.0. The maximum Gasteiger partial charge on any atom is 0.414 e. The van der Waals surface area contributed by atoms with E-state index in [0.29, 0.717) is 36.9 Å². The molecule has 0 spiro atoms. The quantitative estimate of drug-likeness (QED) is 0.598. The van der Waals surface area contributed by atoms with E-state index in [2.05, 4.69) is 35.4 Å². The average Bonchev–Trinajstić information content (AvgIpc) is 3.41. The number of carbonyl (C=O) groups excluding carboxylic acids is 2. The summed E-state index contributed by atoms with van der Waals surface area (Å²) in [7, 11) is -4.17. The first-order chi connectivity index (χ1) is 17.7. The van der Waals surface area contributed by atoms with Gasteiger partial charge in [0, 0.05) is 31.0 Å². The Hall–Kier alpha value is -3.47. The molecule has 0 unspecified atom stereocenters. The first kappa shape index (κ1) is 27.6. The minimum Gasteiger partial charge on any atom is -0.443 e. The van der Waals surface area contributed by atoms with Crippen molar-refractivity contribution in [2.75, 3.05) is 18.0 Å².